The SMILES string of the molecule is CCC[C@H]1CC[C@H]([C@H]2CC[C@H](C(=O)Oc3cc(F)c(F)nc3F)CC2)CC1. The molecule has 0 N–H and O–H groups in total. The number of hydrogen-bond acceptors (Lipinski definition) is 3. The Kier molecular flexibility index (Phi) is 6.77. The van der Waals surface area contributed by atoms with Crippen molar-refractivity contribution in [1.29, 1.82) is 0 Å². The van der Waals surface area contributed by atoms with Crippen LogP contribution in [0.1, 0.15) is 71.1 Å². The Morgan fingerprint density at radius 2 is 1.59 bits per heavy atom. The van der Waals surface area contributed by atoms with Crippen molar-refractivity contribution >= 4 is 5.97 Å². The first-order valence-electron chi connectivity index (χ1n) is 10.2. The summed E-state index contributed by atoms with van der Waals surface area (Å²) in [6.45, 7) is 2.24. The highest BCUT2D eigenvalue weighted by atomic mass is 19.2. The number of nitrogens with zero attached hydrogens (tertiary/aromatic N) is 1. The number of pyridine rings is 1. The van der Waals surface area contributed by atoms with Gasteiger partial charge in [-0.3, -0.25) is 4.79 Å². The second kappa shape index (κ2) is 9.07. The summed E-state index contributed by atoms with van der Waals surface area (Å²) in [6, 6.07) is 0.538. The molecule has 0 amide bonds. The average Bonchev–Trinajstić information content (AvgIpc) is 2.67. The van der Waals surface area contributed by atoms with E-state index < -0.39 is 29.4 Å². The third-order valence-corrected chi connectivity index (χ3v) is 6.43. The molecule has 0 atom stereocenters. The molecule has 150 valence electrons. The summed E-state index contributed by atoms with van der Waals surface area (Å²) < 4.78 is 44.6. The van der Waals surface area contributed by atoms with Crippen molar-refractivity contribution < 1.29 is 22.7 Å². The molecule has 3 rings (SSSR count). The Morgan fingerprint density at radius 3 is 2.19 bits per heavy atom. The molecule has 2 aliphatic rings. The fraction of sp³-hybridized carbons (Fsp3) is 0.714. The summed E-state index contributed by atoms with van der Waals surface area (Å²) in [7, 11) is 0. The molecule has 27 heavy (non-hydrogen) atoms. The van der Waals surface area contributed by atoms with Gasteiger partial charge in [0.15, 0.2) is 11.6 Å². The highest BCUT2D eigenvalue weighted by Gasteiger charge is 2.34. The monoisotopic (exact) mass is 383 g/mol. The van der Waals surface area contributed by atoms with Crippen molar-refractivity contribution in [2.24, 2.45) is 23.7 Å². The zero-order valence-corrected chi connectivity index (χ0v) is 15.9. The van der Waals surface area contributed by atoms with E-state index in [0.717, 1.165) is 24.7 Å². The minimum absolute atomic E-state index is 0.315. The summed E-state index contributed by atoms with van der Waals surface area (Å²) >= 11 is 0. The molecule has 0 saturated heterocycles. The molecule has 6 heteroatoms. The fourth-order valence-corrected chi connectivity index (χ4v) is 4.88. The third-order valence-electron chi connectivity index (χ3n) is 6.43. The topological polar surface area (TPSA) is 39.2 Å². The zero-order chi connectivity index (χ0) is 19.4. The molecule has 0 unspecified atom stereocenters. The minimum atomic E-state index is -1.54. The molecule has 0 radical (unpaired) electrons. The zero-order valence-electron chi connectivity index (χ0n) is 15.9. The van der Waals surface area contributed by atoms with Crippen LogP contribution in [-0.4, -0.2) is 11.0 Å². The lowest BCUT2D eigenvalue weighted by atomic mass is 9.69. The summed E-state index contributed by atoms with van der Waals surface area (Å²) in [4.78, 5) is 15.1. The number of rotatable bonds is 5. The van der Waals surface area contributed by atoms with E-state index in [9.17, 15) is 18.0 Å². The van der Waals surface area contributed by atoms with Crippen LogP contribution in [0, 0.1) is 41.4 Å². The maximum absolute atomic E-state index is 13.6. The van der Waals surface area contributed by atoms with Gasteiger partial charge in [0.25, 0.3) is 11.9 Å². The number of carbonyl (C=O) groups is 1. The summed E-state index contributed by atoms with van der Waals surface area (Å²) in [6.07, 6.45) is 11.2. The van der Waals surface area contributed by atoms with Crippen molar-refractivity contribution in [3.8, 4) is 5.75 Å². The Hall–Kier alpha value is -1.59. The predicted molar refractivity (Wildman–Crippen MR) is 95.6 cm³/mol. The van der Waals surface area contributed by atoms with Crippen molar-refractivity contribution in [1.82, 2.24) is 4.98 Å². The molecule has 0 aromatic carbocycles. The quantitative estimate of drug-likeness (QED) is 0.475. The largest absolute Gasteiger partial charge is 0.421 e. The van der Waals surface area contributed by atoms with Crippen LogP contribution in [0.2, 0.25) is 0 Å². The van der Waals surface area contributed by atoms with Crippen molar-refractivity contribution in [2.45, 2.75) is 71.1 Å². The number of carbonyl (C=O) groups excluding carboxylic acids is 1. The van der Waals surface area contributed by atoms with E-state index in [1.165, 1.54) is 38.5 Å². The number of halogens is 3. The Balaban J connectivity index is 1.48. The molecular formula is C21H28F3NO2. The van der Waals surface area contributed by atoms with Gasteiger partial charge in [-0.25, -0.2) is 4.39 Å². The Labute approximate surface area is 158 Å². The molecular weight excluding hydrogens is 355 g/mol. The Morgan fingerprint density at radius 1 is 1.00 bits per heavy atom. The normalized spacial score (nSPS) is 28.7. The third kappa shape index (κ3) is 5.02. The molecule has 0 bridgehead atoms. The Bertz CT molecular complexity index is 651. The summed E-state index contributed by atoms with van der Waals surface area (Å²) in [5, 5.41) is 0. The van der Waals surface area contributed by atoms with Crippen LogP contribution < -0.4 is 4.74 Å². The molecule has 1 heterocycles. The second-order valence-corrected chi connectivity index (χ2v) is 8.15. The van der Waals surface area contributed by atoms with Gasteiger partial charge in [-0.1, -0.05) is 32.6 Å². The van der Waals surface area contributed by atoms with Gasteiger partial charge in [0.2, 0.25) is 0 Å². The predicted octanol–water partition coefficient (Wildman–Crippen LogP) is 5.82. The van der Waals surface area contributed by atoms with Crippen LogP contribution in [0.3, 0.4) is 0 Å². The molecule has 2 saturated carbocycles. The molecule has 1 aromatic rings. The second-order valence-electron chi connectivity index (χ2n) is 8.15. The van der Waals surface area contributed by atoms with Crippen LogP contribution in [0.15, 0.2) is 6.07 Å². The van der Waals surface area contributed by atoms with Crippen molar-refractivity contribution in [3.63, 3.8) is 0 Å². The van der Waals surface area contributed by atoms with E-state index in [4.69, 9.17) is 4.74 Å². The van der Waals surface area contributed by atoms with Gasteiger partial charge in [0.1, 0.15) is 0 Å². The van der Waals surface area contributed by atoms with E-state index in [1.54, 1.807) is 0 Å². The number of esters is 1. The van der Waals surface area contributed by atoms with Crippen LogP contribution >= 0.6 is 0 Å². The van der Waals surface area contributed by atoms with Gasteiger partial charge in [0.05, 0.1) is 5.92 Å². The van der Waals surface area contributed by atoms with Crippen molar-refractivity contribution in [2.75, 3.05) is 0 Å². The lowest BCUT2D eigenvalue weighted by molar-refractivity contribution is -0.140. The van der Waals surface area contributed by atoms with Gasteiger partial charge in [0, 0.05) is 6.07 Å². The lowest BCUT2D eigenvalue weighted by Gasteiger charge is -2.37. The minimum Gasteiger partial charge on any atom is -0.421 e. The van der Waals surface area contributed by atoms with Crippen LogP contribution in [0.4, 0.5) is 13.2 Å². The van der Waals surface area contributed by atoms with Crippen LogP contribution in [0.5, 0.6) is 5.75 Å². The number of aromatic nitrogens is 1. The molecule has 0 spiro atoms. The van der Waals surface area contributed by atoms with Crippen LogP contribution in [0.25, 0.3) is 0 Å². The van der Waals surface area contributed by atoms with E-state index >= 15 is 0 Å². The van der Waals surface area contributed by atoms with E-state index in [1.807, 2.05) is 0 Å². The van der Waals surface area contributed by atoms with E-state index in [2.05, 4.69) is 11.9 Å². The van der Waals surface area contributed by atoms with E-state index in [-0.39, 0.29) is 5.92 Å². The molecule has 3 nitrogen and oxygen atoms in total. The summed E-state index contributed by atoms with van der Waals surface area (Å²) in [5.41, 5.74) is 0. The number of hydrogen-bond donors (Lipinski definition) is 0. The highest BCUT2D eigenvalue weighted by Crippen LogP contribution is 2.42. The van der Waals surface area contributed by atoms with Gasteiger partial charge < -0.3 is 4.74 Å². The molecule has 2 aliphatic carbocycles. The lowest BCUT2D eigenvalue weighted by Crippen LogP contribution is -2.30. The smallest absolute Gasteiger partial charge is 0.314 e. The summed E-state index contributed by atoms with van der Waals surface area (Å²) in [5.74, 6) is -3.42. The van der Waals surface area contributed by atoms with E-state index in [0.29, 0.717) is 24.8 Å². The maximum Gasteiger partial charge on any atom is 0.314 e. The molecule has 0 aliphatic heterocycles. The van der Waals surface area contributed by atoms with Gasteiger partial charge in [-0.05, 0) is 56.3 Å². The van der Waals surface area contributed by atoms with Gasteiger partial charge in [-0.2, -0.15) is 13.8 Å². The van der Waals surface area contributed by atoms with Gasteiger partial charge in [-0.15, -0.1) is 0 Å². The maximum atomic E-state index is 13.6. The fourth-order valence-electron chi connectivity index (χ4n) is 4.88. The molecule has 2 fully saturated rings. The van der Waals surface area contributed by atoms with Crippen molar-refractivity contribution in [3.05, 3.63) is 23.8 Å². The average molecular weight is 383 g/mol. The highest BCUT2D eigenvalue weighted by molar-refractivity contribution is 5.75. The first kappa shape index (κ1) is 20.2. The number of ether oxygens (including phenoxy) is 1. The first-order valence-corrected chi connectivity index (χ1v) is 10.2. The first-order chi connectivity index (χ1) is 13.0. The van der Waals surface area contributed by atoms with Gasteiger partial charge >= 0.3 is 5.97 Å². The van der Waals surface area contributed by atoms with Crippen LogP contribution in [-0.2, 0) is 4.79 Å². The molecule has 1 aromatic heterocycles. The standard InChI is InChI=1S/C21H28F3NO2/c1-2-3-13-4-6-14(7-5-13)15-8-10-16(11-9-15)21(26)27-18-12-17(22)19(23)25-20(18)24/h12-16H,2-11H2,1H3/t13-,14-,15-,16-.